The van der Waals surface area contributed by atoms with E-state index in [0.29, 0.717) is 0 Å². The van der Waals surface area contributed by atoms with Crippen LogP contribution in [0.2, 0.25) is 0 Å². The molecule has 0 aromatic rings. The van der Waals surface area contributed by atoms with Crippen LogP contribution in [0.5, 0.6) is 0 Å². The molecule has 1 rings (SSSR count). The van der Waals surface area contributed by atoms with Gasteiger partial charge in [-0.3, -0.25) is 4.79 Å². The maximum atomic E-state index is 12.9. The summed E-state index contributed by atoms with van der Waals surface area (Å²) in [5.74, 6) is -1.94. The standard InChI is InChI=1S/C11H17F3N2O3/c1-9(2,3)15-8(19)16-5-4-10(6-16,7(17)18)11(12,13)14/h4-6H2,1-3H3,(H,15,19)(H,17,18). The molecule has 0 aliphatic carbocycles. The maximum Gasteiger partial charge on any atom is 0.406 e. The number of likely N-dealkylation sites (tertiary alicyclic amines) is 1. The van der Waals surface area contributed by atoms with Crippen LogP contribution < -0.4 is 5.32 Å². The molecule has 0 aromatic carbocycles. The molecule has 1 aliphatic heterocycles. The normalized spacial score (nSPS) is 24.4. The van der Waals surface area contributed by atoms with Crippen molar-refractivity contribution in [2.24, 2.45) is 5.41 Å². The Morgan fingerprint density at radius 3 is 2.11 bits per heavy atom. The van der Waals surface area contributed by atoms with Gasteiger partial charge in [0.2, 0.25) is 0 Å². The lowest BCUT2D eigenvalue weighted by Gasteiger charge is -2.29. The van der Waals surface area contributed by atoms with Crippen LogP contribution in [-0.2, 0) is 4.79 Å². The first-order valence-electron chi connectivity index (χ1n) is 5.76. The van der Waals surface area contributed by atoms with Crippen molar-refractivity contribution >= 4 is 12.0 Å². The largest absolute Gasteiger partial charge is 0.481 e. The average Bonchev–Trinajstić information content (AvgIpc) is 2.58. The molecule has 5 nitrogen and oxygen atoms in total. The van der Waals surface area contributed by atoms with Gasteiger partial charge in [0.25, 0.3) is 0 Å². The number of halogens is 3. The predicted octanol–water partition coefficient (Wildman–Crippen LogP) is 1.83. The quantitative estimate of drug-likeness (QED) is 0.771. The summed E-state index contributed by atoms with van der Waals surface area (Å²) in [6.45, 7) is 3.99. The summed E-state index contributed by atoms with van der Waals surface area (Å²) in [5.41, 5.74) is -3.45. The lowest BCUT2D eigenvalue weighted by atomic mass is 9.86. The fraction of sp³-hybridized carbons (Fsp3) is 0.818. The van der Waals surface area contributed by atoms with Crippen molar-refractivity contribution in [3.8, 4) is 0 Å². The number of amides is 2. The minimum Gasteiger partial charge on any atom is -0.481 e. The van der Waals surface area contributed by atoms with Gasteiger partial charge in [-0.2, -0.15) is 13.2 Å². The Balaban J connectivity index is 2.87. The molecule has 19 heavy (non-hydrogen) atoms. The minimum atomic E-state index is -4.88. The number of aliphatic carboxylic acids is 1. The Hall–Kier alpha value is -1.47. The molecule has 1 aliphatic rings. The van der Waals surface area contributed by atoms with E-state index in [9.17, 15) is 22.8 Å². The molecule has 2 amide bonds. The highest BCUT2D eigenvalue weighted by Gasteiger charge is 2.64. The molecule has 1 fully saturated rings. The Bertz CT molecular complexity index is 390. The number of nitrogens with zero attached hydrogens (tertiary/aromatic N) is 1. The smallest absolute Gasteiger partial charge is 0.406 e. The second kappa shape index (κ2) is 4.57. The van der Waals surface area contributed by atoms with Gasteiger partial charge >= 0.3 is 18.2 Å². The maximum absolute atomic E-state index is 12.9. The van der Waals surface area contributed by atoms with Gasteiger partial charge in [0.05, 0.1) is 0 Å². The zero-order valence-electron chi connectivity index (χ0n) is 11.0. The third kappa shape index (κ3) is 3.10. The molecule has 110 valence electrons. The number of urea groups is 1. The summed E-state index contributed by atoms with van der Waals surface area (Å²) in [7, 11) is 0. The van der Waals surface area contributed by atoms with Crippen LogP contribution >= 0.6 is 0 Å². The highest BCUT2D eigenvalue weighted by Crippen LogP contribution is 2.45. The van der Waals surface area contributed by atoms with E-state index in [4.69, 9.17) is 5.11 Å². The Kier molecular flexibility index (Phi) is 3.75. The summed E-state index contributed by atoms with van der Waals surface area (Å²) in [4.78, 5) is 23.6. The molecule has 1 unspecified atom stereocenters. The van der Waals surface area contributed by atoms with Gasteiger partial charge in [-0.25, -0.2) is 4.79 Å². The summed E-state index contributed by atoms with van der Waals surface area (Å²) in [5, 5.41) is 11.4. The number of carboxylic acid groups (broad SMARTS) is 1. The number of hydrogen-bond acceptors (Lipinski definition) is 2. The Morgan fingerprint density at radius 2 is 1.79 bits per heavy atom. The summed E-state index contributed by atoms with van der Waals surface area (Å²) >= 11 is 0. The van der Waals surface area contributed by atoms with E-state index in [1.807, 2.05) is 0 Å². The number of carbonyl (C=O) groups excluding carboxylic acids is 1. The Morgan fingerprint density at radius 1 is 1.26 bits per heavy atom. The van der Waals surface area contributed by atoms with E-state index in [2.05, 4.69) is 5.32 Å². The number of alkyl halides is 3. The number of nitrogens with one attached hydrogen (secondary N) is 1. The fourth-order valence-electron chi connectivity index (χ4n) is 1.91. The topological polar surface area (TPSA) is 69.6 Å². The number of carbonyl (C=O) groups is 2. The molecule has 8 heteroatoms. The zero-order chi connectivity index (χ0) is 15.1. The molecular weight excluding hydrogens is 265 g/mol. The fourth-order valence-corrected chi connectivity index (χ4v) is 1.91. The molecule has 0 radical (unpaired) electrons. The van der Waals surface area contributed by atoms with Crippen molar-refractivity contribution in [2.75, 3.05) is 13.1 Å². The van der Waals surface area contributed by atoms with E-state index in [1.165, 1.54) is 0 Å². The van der Waals surface area contributed by atoms with Crippen LogP contribution in [0.15, 0.2) is 0 Å². The van der Waals surface area contributed by atoms with Crippen molar-refractivity contribution in [3.05, 3.63) is 0 Å². The van der Waals surface area contributed by atoms with E-state index >= 15 is 0 Å². The van der Waals surface area contributed by atoms with Crippen LogP contribution in [0.25, 0.3) is 0 Å². The Labute approximate surface area is 108 Å². The first-order chi connectivity index (χ1) is 8.39. The number of rotatable bonds is 1. The van der Waals surface area contributed by atoms with Gasteiger partial charge in [0.15, 0.2) is 5.41 Å². The van der Waals surface area contributed by atoms with Crippen LogP contribution in [0.4, 0.5) is 18.0 Å². The third-order valence-electron chi connectivity index (χ3n) is 2.99. The minimum absolute atomic E-state index is 0.228. The molecule has 2 N–H and O–H groups in total. The number of hydrogen-bond donors (Lipinski definition) is 2. The van der Waals surface area contributed by atoms with Crippen molar-refractivity contribution in [1.29, 1.82) is 0 Å². The molecule has 1 heterocycles. The molecule has 1 saturated heterocycles. The number of carboxylic acids is 1. The van der Waals surface area contributed by atoms with E-state index in [1.54, 1.807) is 20.8 Å². The van der Waals surface area contributed by atoms with Gasteiger partial charge in [-0.05, 0) is 27.2 Å². The molecule has 0 aromatic heterocycles. The van der Waals surface area contributed by atoms with Gasteiger partial charge < -0.3 is 15.3 Å². The lowest BCUT2D eigenvalue weighted by molar-refractivity contribution is -0.226. The summed E-state index contributed by atoms with van der Waals surface area (Å²) < 4.78 is 38.7. The van der Waals surface area contributed by atoms with Gasteiger partial charge in [0, 0.05) is 18.6 Å². The van der Waals surface area contributed by atoms with E-state index < -0.39 is 42.1 Å². The highest BCUT2D eigenvalue weighted by molar-refractivity contribution is 5.80. The van der Waals surface area contributed by atoms with Gasteiger partial charge in [-0.15, -0.1) is 0 Å². The first kappa shape index (κ1) is 15.6. The van der Waals surface area contributed by atoms with E-state index in [-0.39, 0.29) is 6.54 Å². The zero-order valence-corrected chi connectivity index (χ0v) is 11.0. The van der Waals surface area contributed by atoms with Crippen molar-refractivity contribution in [3.63, 3.8) is 0 Å². The van der Waals surface area contributed by atoms with Crippen LogP contribution in [0, 0.1) is 5.41 Å². The molecule has 1 atom stereocenters. The monoisotopic (exact) mass is 282 g/mol. The molecular formula is C11H17F3N2O3. The van der Waals surface area contributed by atoms with Crippen LogP contribution in [0.1, 0.15) is 27.2 Å². The average molecular weight is 282 g/mol. The summed E-state index contributed by atoms with van der Waals surface area (Å²) in [6.07, 6.45) is -5.50. The van der Waals surface area contributed by atoms with Gasteiger partial charge in [-0.1, -0.05) is 0 Å². The predicted molar refractivity (Wildman–Crippen MR) is 60.6 cm³/mol. The highest BCUT2D eigenvalue weighted by atomic mass is 19.4. The van der Waals surface area contributed by atoms with Crippen molar-refractivity contribution in [2.45, 2.75) is 38.9 Å². The van der Waals surface area contributed by atoms with Crippen LogP contribution in [0.3, 0.4) is 0 Å². The lowest BCUT2D eigenvalue weighted by Crippen LogP contribution is -2.51. The summed E-state index contributed by atoms with van der Waals surface area (Å²) in [6, 6.07) is -0.681. The first-order valence-corrected chi connectivity index (χ1v) is 5.76. The van der Waals surface area contributed by atoms with Gasteiger partial charge in [0.1, 0.15) is 0 Å². The second-order valence-corrected chi connectivity index (χ2v) is 5.74. The van der Waals surface area contributed by atoms with Crippen LogP contribution in [-0.4, -0.2) is 46.8 Å². The molecule has 0 bridgehead atoms. The molecule has 0 spiro atoms. The molecule has 0 saturated carbocycles. The van der Waals surface area contributed by atoms with E-state index in [0.717, 1.165) is 4.90 Å². The van der Waals surface area contributed by atoms with Crippen molar-refractivity contribution in [1.82, 2.24) is 10.2 Å². The third-order valence-corrected chi connectivity index (χ3v) is 2.99. The SMILES string of the molecule is CC(C)(C)NC(=O)N1CCC(C(=O)O)(C(F)(F)F)C1. The second-order valence-electron chi connectivity index (χ2n) is 5.74. The van der Waals surface area contributed by atoms with Crippen molar-refractivity contribution < 1.29 is 27.9 Å².